The smallest absolute Gasteiger partial charge is 0.338 e. The number of hydrogen-bond donors (Lipinski definition) is 1. The van der Waals surface area contributed by atoms with Crippen molar-refractivity contribution < 1.29 is 14.3 Å². The molecule has 1 amide bonds. The van der Waals surface area contributed by atoms with E-state index < -0.39 is 17.4 Å². The van der Waals surface area contributed by atoms with Crippen LogP contribution < -0.4 is 5.32 Å². The first-order chi connectivity index (χ1) is 18.1. The second-order valence-corrected chi connectivity index (χ2v) is 9.04. The van der Waals surface area contributed by atoms with Crippen molar-refractivity contribution in [2.24, 2.45) is 0 Å². The molecule has 0 saturated carbocycles. The van der Waals surface area contributed by atoms with E-state index in [0.717, 1.165) is 16.7 Å². The summed E-state index contributed by atoms with van der Waals surface area (Å²) >= 11 is 0. The van der Waals surface area contributed by atoms with Crippen molar-refractivity contribution in [1.82, 2.24) is 5.32 Å². The zero-order valence-corrected chi connectivity index (χ0v) is 20.3. The van der Waals surface area contributed by atoms with Crippen LogP contribution in [0.1, 0.15) is 33.0 Å². The molecule has 2 atom stereocenters. The van der Waals surface area contributed by atoms with Gasteiger partial charge in [0, 0.05) is 17.9 Å². The minimum absolute atomic E-state index is 0.275. The molecule has 4 aromatic rings. The number of amides is 1. The average Bonchev–Trinajstić information content (AvgIpc) is 2.95. The van der Waals surface area contributed by atoms with Gasteiger partial charge in [-0.3, -0.25) is 4.79 Å². The molecule has 4 aromatic carbocycles. The number of carbonyl (C=O) groups excluding carboxylic acids is 2. The highest BCUT2D eigenvalue weighted by Crippen LogP contribution is 2.39. The molecule has 1 aliphatic rings. The van der Waals surface area contributed by atoms with Gasteiger partial charge in [-0.15, -0.1) is 0 Å². The number of allylic oxidation sites excluding steroid dienone is 1. The highest BCUT2D eigenvalue weighted by Gasteiger charge is 2.51. The molecule has 5 rings (SSSR count). The lowest BCUT2D eigenvalue weighted by molar-refractivity contribution is -0.148. The van der Waals surface area contributed by atoms with Gasteiger partial charge in [0.2, 0.25) is 0 Å². The summed E-state index contributed by atoms with van der Waals surface area (Å²) in [6, 6.07) is 38.2. The topological polar surface area (TPSA) is 55.4 Å². The van der Waals surface area contributed by atoms with Gasteiger partial charge in [0.1, 0.15) is 5.76 Å². The summed E-state index contributed by atoms with van der Waals surface area (Å²) in [7, 11) is 0. The highest BCUT2D eigenvalue weighted by molar-refractivity contribution is 5.99. The fraction of sp³-hybridized carbons (Fsp3) is 0.0909. The summed E-state index contributed by atoms with van der Waals surface area (Å²) in [6.07, 6.45) is 5.92. The molecule has 0 bridgehead atoms. The lowest BCUT2D eigenvalue weighted by Gasteiger charge is -2.41. The summed E-state index contributed by atoms with van der Waals surface area (Å²) in [5.41, 5.74) is 1.96. The monoisotopic (exact) mass is 485 g/mol. The number of esters is 1. The number of rotatable bonds is 7. The van der Waals surface area contributed by atoms with Crippen LogP contribution in [-0.4, -0.2) is 17.4 Å². The van der Waals surface area contributed by atoms with Crippen molar-refractivity contribution >= 4 is 18.0 Å². The number of cyclic esters (lactones) is 1. The molecular formula is C33H27NO3. The Morgan fingerprint density at radius 3 is 1.97 bits per heavy atom. The van der Waals surface area contributed by atoms with E-state index in [9.17, 15) is 9.59 Å². The molecule has 0 saturated heterocycles. The zero-order chi connectivity index (χ0) is 25.5. The molecule has 1 heterocycles. The van der Waals surface area contributed by atoms with Gasteiger partial charge in [0.15, 0.2) is 5.54 Å². The van der Waals surface area contributed by atoms with Crippen molar-refractivity contribution in [3.05, 3.63) is 161 Å². The number of carbonyl (C=O) groups is 2. The normalized spacial score (nSPS) is 19.2. The van der Waals surface area contributed by atoms with Crippen molar-refractivity contribution in [3.8, 4) is 0 Å². The van der Waals surface area contributed by atoms with Crippen LogP contribution >= 0.6 is 0 Å². The van der Waals surface area contributed by atoms with Gasteiger partial charge >= 0.3 is 5.97 Å². The Balaban J connectivity index is 1.61. The van der Waals surface area contributed by atoms with Crippen LogP contribution in [0.5, 0.6) is 0 Å². The molecule has 182 valence electrons. The standard InChI is InChI=1S/C33H27NO3/c35-31(28-19-11-4-12-20-28)34-33(24-26-15-7-2-8-16-26)30(27-17-9-3-10-18-27)23-29(37-32(33)36)22-21-25-13-5-1-6-14-25/h1-23,30H,24H2,(H,34,35)/b22-21+/t30-,33+/m1/s1. The summed E-state index contributed by atoms with van der Waals surface area (Å²) < 4.78 is 5.91. The third-order valence-corrected chi connectivity index (χ3v) is 6.53. The lowest BCUT2D eigenvalue weighted by atomic mass is 9.73. The minimum atomic E-state index is -1.35. The Bertz CT molecular complexity index is 1410. The summed E-state index contributed by atoms with van der Waals surface area (Å²) in [5.74, 6) is -0.839. The van der Waals surface area contributed by atoms with E-state index in [1.807, 2.05) is 109 Å². The Morgan fingerprint density at radius 2 is 1.32 bits per heavy atom. The van der Waals surface area contributed by atoms with Crippen LogP contribution in [0.3, 0.4) is 0 Å². The molecule has 1 aliphatic heterocycles. The molecule has 0 unspecified atom stereocenters. The molecule has 0 spiro atoms. The van der Waals surface area contributed by atoms with Gasteiger partial charge in [-0.05, 0) is 41.0 Å². The minimum Gasteiger partial charge on any atom is -0.425 e. The maximum Gasteiger partial charge on any atom is 0.338 e. The van der Waals surface area contributed by atoms with Crippen molar-refractivity contribution in [2.75, 3.05) is 0 Å². The van der Waals surface area contributed by atoms with Crippen molar-refractivity contribution in [2.45, 2.75) is 17.9 Å². The first-order valence-corrected chi connectivity index (χ1v) is 12.3. The largest absolute Gasteiger partial charge is 0.425 e. The van der Waals surface area contributed by atoms with E-state index in [-0.39, 0.29) is 12.3 Å². The van der Waals surface area contributed by atoms with E-state index in [4.69, 9.17) is 4.74 Å². The molecule has 1 N–H and O–H groups in total. The Morgan fingerprint density at radius 1 is 0.757 bits per heavy atom. The van der Waals surface area contributed by atoms with Gasteiger partial charge < -0.3 is 10.1 Å². The van der Waals surface area contributed by atoms with Gasteiger partial charge in [0.25, 0.3) is 5.91 Å². The van der Waals surface area contributed by atoms with Gasteiger partial charge in [-0.2, -0.15) is 0 Å². The first kappa shape index (κ1) is 24.0. The van der Waals surface area contributed by atoms with Crippen LogP contribution in [0, 0.1) is 0 Å². The van der Waals surface area contributed by atoms with Crippen LogP contribution in [0.2, 0.25) is 0 Å². The first-order valence-electron chi connectivity index (χ1n) is 12.3. The van der Waals surface area contributed by atoms with Gasteiger partial charge in [-0.25, -0.2) is 4.79 Å². The Hall–Kier alpha value is -4.70. The fourth-order valence-electron chi connectivity index (χ4n) is 4.68. The van der Waals surface area contributed by atoms with E-state index in [0.29, 0.717) is 11.3 Å². The number of benzene rings is 4. The van der Waals surface area contributed by atoms with E-state index in [1.54, 1.807) is 30.3 Å². The SMILES string of the molecule is O=C(N[C@]1(Cc2ccccc2)C(=O)OC(/C=C/c2ccccc2)=C[C@@H]1c1ccccc1)c1ccccc1. The lowest BCUT2D eigenvalue weighted by Crippen LogP contribution is -2.61. The van der Waals surface area contributed by atoms with E-state index in [2.05, 4.69) is 5.32 Å². The molecule has 4 nitrogen and oxygen atoms in total. The molecule has 0 fully saturated rings. The second kappa shape index (κ2) is 10.9. The average molecular weight is 486 g/mol. The quantitative estimate of drug-likeness (QED) is 0.311. The predicted octanol–water partition coefficient (Wildman–Crippen LogP) is 6.34. The van der Waals surface area contributed by atoms with Gasteiger partial charge in [-0.1, -0.05) is 115 Å². The summed E-state index contributed by atoms with van der Waals surface area (Å²) in [6.45, 7) is 0. The third-order valence-electron chi connectivity index (χ3n) is 6.53. The number of ether oxygens (including phenoxy) is 1. The maximum atomic E-state index is 14.0. The summed E-state index contributed by atoms with van der Waals surface area (Å²) in [4.78, 5) is 27.5. The maximum absolute atomic E-state index is 14.0. The van der Waals surface area contributed by atoms with E-state index >= 15 is 0 Å². The molecule has 0 aromatic heterocycles. The molecule has 0 radical (unpaired) electrons. The van der Waals surface area contributed by atoms with Crippen LogP contribution in [0.15, 0.2) is 139 Å². The third kappa shape index (κ3) is 5.44. The molecule has 4 heteroatoms. The molecule has 37 heavy (non-hydrogen) atoms. The van der Waals surface area contributed by atoms with Crippen molar-refractivity contribution in [3.63, 3.8) is 0 Å². The van der Waals surface area contributed by atoms with Crippen LogP contribution in [0.25, 0.3) is 6.08 Å². The summed E-state index contributed by atoms with van der Waals surface area (Å²) in [5, 5.41) is 3.11. The van der Waals surface area contributed by atoms with Gasteiger partial charge in [0.05, 0.1) is 0 Å². The van der Waals surface area contributed by atoms with E-state index in [1.165, 1.54) is 0 Å². The zero-order valence-electron chi connectivity index (χ0n) is 20.3. The Kier molecular flexibility index (Phi) is 7.09. The fourth-order valence-corrected chi connectivity index (χ4v) is 4.68. The molecular weight excluding hydrogens is 458 g/mol. The Labute approximate surface area is 216 Å². The number of nitrogens with one attached hydrogen (secondary N) is 1. The predicted molar refractivity (Wildman–Crippen MR) is 146 cm³/mol. The van der Waals surface area contributed by atoms with Crippen LogP contribution in [0.4, 0.5) is 0 Å². The molecule has 0 aliphatic carbocycles. The highest BCUT2D eigenvalue weighted by atomic mass is 16.5. The van der Waals surface area contributed by atoms with Crippen molar-refractivity contribution in [1.29, 1.82) is 0 Å². The second-order valence-electron chi connectivity index (χ2n) is 9.04. The van der Waals surface area contributed by atoms with Crippen LogP contribution in [-0.2, 0) is 16.0 Å². The number of hydrogen-bond acceptors (Lipinski definition) is 3.